The van der Waals surface area contributed by atoms with Gasteiger partial charge in [-0.1, -0.05) is 6.07 Å². The molecular weight excluding hydrogens is 232 g/mol. The fourth-order valence-electron chi connectivity index (χ4n) is 1.46. The van der Waals surface area contributed by atoms with Gasteiger partial charge >= 0.3 is 0 Å². The molecule has 0 spiro atoms. The molecule has 0 atom stereocenters. The van der Waals surface area contributed by atoms with Crippen LogP contribution in [0.4, 0.5) is 5.82 Å². The molecule has 0 saturated heterocycles. The maximum absolute atomic E-state index is 4.20. The van der Waals surface area contributed by atoms with Crippen LogP contribution in [0.5, 0.6) is 0 Å². The Kier molecular flexibility index (Phi) is 4.46. The van der Waals surface area contributed by atoms with Crippen LogP contribution in [-0.2, 0) is 0 Å². The van der Waals surface area contributed by atoms with E-state index in [0.717, 1.165) is 35.9 Å². The highest BCUT2D eigenvalue weighted by Gasteiger charge is 2.01. The molecule has 0 radical (unpaired) electrons. The minimum Gasteiger partial charge on any atom is -0.369 e. The number of thiophene rings is 1. The Morgan fingerprint density at radius 2 is 2.12 bits per heavy atom. The first-order chi connectivity index (χ1) is 8.40. The summed E-state index contributed by atoms with van der Waals surface area (Å²) in [7, 11) is 1.95. The zero-order valence-electron chi connectivity index (χ0n) is 9.81. The summed E-state index contributed by atoms with van der Waals surface area (Å²) in [4.78, 5) is 1.15. The SMILES string of the molecule is CNCCCNc1ccc(-c2cccs2)nn1. The summed E-state index contributed by atoms with van der Waals surface area (Å²) in [6.07, 6.45) is 1.07. The van der Waals surface area contributed by atoms with Gasteiger partial charge in [0.15, 0.2) is 0 Å². The molecule has 0 aliphatic rings. The second kappa shape index (κ2) is 6.32. The second-order valence-electron chi connectivity index (χ2n) is 3.66. The molecule has 2 aromatic heterocycles. The van der Waals surface area contributed by atoms with E-state index >= 15 is 0 Å². The predicted molar refractivity (Wildman–Crippen MR) is 72.4 cm³/mol. The maximum atomic E-state index is 4.20. The average Bonchev–Trinajstić information content (AvgIpc) is 2.89. The molecule has 4 nitrogen and oxygen atoms in total. The monoisotopic (exact) mass is 248 g/mol. The second-order valence-corrected chi connectivity index (χ2v) is 4.61. The van der Waals surface area contributed by atoms with Crippen molar-refractivity contribution >= 4 is 17.2 Å². The van der Waals surface area contributed by atoms with E-state index in [2.05, 4.69) is 26.9 Å². The molecule has 0 aromatic carbocycles. The van der Waals surface area contributed by atoms with E-state index in [0.29, 0.717) is 0 Å². The van der Waals surface area contributed by atoms with Crippen molar-refractivity contribution in [3.63, 3.8) is 0 Å². The summed E-state index contributed by atoms with van der Waals surface area (Å²) >= 11 is 1.68. The molecular formula is C12H16N4S. The number of anilines is 1. The topological polar surface area (TPSA) is 49.8 Å². The fourth-order valence-corrected chi connectivity index (χ4v) is 2.15. The first kappa shape index (κ1) is 12.0. The van der Waals surface area contributed by atoms with Crippen LogP contribution < -0.4 is 10.6 Å². The normalized spacial score (nSPS) is 10.4. The van der Waals surface area contributed by atoms with Gasteiger partial charge < -0.3 is 10.6 Å². The predicted octanol–water partition coefficient (Wildman–Crippen LogP) is 2.23. The molecule has 0 bridgehead atoms. The number of rotatable bonds is 6. The number of nitrogens with zero attached hydrogens (tertiary/aromatic N) is 2. The van der Waals surface area contributed by atoms with E-state index in [4.69, 9.17) is 0 Å². The first-order valence-corrected chi connectivity index (χ1v) is 6.54. The molecule has 90 valence electrons. The van der Waals surface area contributed by atoms with Gasteiger partial charge in [-0.3, -0.25) is 0 Å². The van der Waals surface area contributed by atoms with Crippen LogP contribution in [0.1, 0.15) is 6.42 Å². The van der Waals surface area contributed by atoms with Crippen molar-refractivity contribution in [2.24, 2.45) is 0 Å². The Hall–Kier alpha value is -1.46. The van der Waals surface area contributed by atoms with E-state index in [9.17, 15) is 0 Å². The van der Waals surface area contributed by atoms with Crippen LogP contribution in [0.15, 0.2) is 29.6 Å². The summed E-state index contributed by atoms with van der Waals surface area (Å²) < 4.78 is 0. The van der Waals surface area contributed by atoms with Gasteiger partial charge in [-0.05, 0) is 43.6 Å². The largest absolute Gasteiger partial charge is 0.369 e. The lowest BCUT2D eigenvalue weighted by Gasteiger charge is -2.04. The van der Waals surface area contributed by atoms with Gasteiger partial charge in [-0.25, -0.2) is 0 Å². The molecule has 0 unspecified atom stereocenters. The van der Waals surface area contributed by atoms with Crippen LogP contribution >= 0.6 is 11.3 Å². The Labute approximate surface area is 105 Å². The quantitative estimate of drug-likeness (QED) is 0.770. The van der Waals surface area contributed by atoms with E-state index in [1.165, 1.54) is 0 Å². The van der Waals surface area contributed by atoms with Crippen molar-refractivity contribution < 1.29 is 0 Å². The zero-order chi connectivity index (χ0) is 11.9. The van der Waals surface area contributed by atoms with Gasteiger partial charge in [0.25, 0.3) is 0 Å². The van der Waals surface area contributed by atoms with Gasteiger partial charge in [0.2, 0.25) is 0 Å². The standard InChI is InChI=1S/C12H16N4S/c1-13-7-3-8-14-12-6-5-10(15-16-12)11-4-2-9-17-11/h2,4-6,9,13H,3,7-8H2,1H3,(H,14,16). The lowest BCUT2D eigenvalue weighted by atomic mass is 10.3. The minimum atomic E-state index is 0.835. The molecule has 0 fully saturated rings. The highest BCUT2D eigenvalue weighted by atomic mass is 32.1. The van der Waals surface area contributed by atoms with Gasteiger partial charge in [-0.15, -0.1) is 21.5 Å². The molecule has 2 rings (SSSR count). The lowest BCUT2D eigenvalue weighted by Crippen LogP contribution is -2.13. The van der Waals surface area contributed by atoms with Crippen molar-refractivity contribution in [1.82, 2.24) is 15.5 Å². The third-order valence-electron chi connectivity index (χ3n) is 2.35. The van der Waals surface area contributed by atoms with Gasteiger partial charge in [0.05, 0.1) is 4.88 Å². The van der Waals surface area contributed by atoms with Crippen molar-refractivity contribution in [2.75, 3.05) is 25.5 Å². The van der Waals surface area contributed by atoms with Gasteiger partial charge in [0.1, 0.15) is 11.5 Å². The molecule has 2 aromatic rings. The van der Waals surface area contributed by atoms with Crippen molar-refractivity contribution in [3.8, 4) is 10.6 Å². The van der Waals surface area contributed by atoms with Crippen LogP contribution in [0.25, 0.3) is 10.6 Å². The van der Waals surface area contributed by atoms with E-state index in [-0.39, 0.29) is 0 Å². The van der Waals surface area contributed by atoms with Crippen LogP contribution in [0, 0.1) is 0 Å². The summed E-state index contributed by atoms with van der Waals surface area (Å²) in [6.45, 7) is 1.92. The van der Waals surface area contributed by atoms with Crippen LogP contribution in [0.3, 0.4) is 0 Å². The van der Waals surface area contributed by atoms with Gasteiger partial charge in [-0.2, -0.15) is 0 Å². The van der Waals surface area contributed by atoms with Crippen LogP contribution in [-0.4, -0.2) is 30.3 Å². The molecule has 0 saturated carbocycles. The Bertz CT molecular complexity index is 424. The molecule has 2 heterocycles. The summed E-state index contributed by atoms with van der Waals surface area (Å²) in [5, 5.41) is 16.8. The molecule has 0 aliphatic heterocycles. The smallest absolute Gasteiger partial charge is 0.148 e. The number of hydrogen-bond donors (Lipinski definition) is 2. The fraction of sp³-hybridized carbons (Fsp3) is 0.333. The van der Waals surface area contributed by atoms with Gasteiger partial charge in [0, 0.05) is 6.54 Å². The van der Waals surface area contributed by atoms with E-state index < -0.39 is 0 Å². The summed E-state index contributed by atoms with van der Waals surface area (Å²) in [5.41, 5.74) is 0.931. The number of nitrogens with one attached hydrogen (secondary N) is 2. The molecule has 2 N–H and O–H groups in total. The summed E-state index contributed by atoms with van der Waals surface area (Å²) in [5.74, 6) is 0.835. The minimum absolute atomic E-state index is 0.835. The molecule has 5 heteroatoms. The first-order valence-electron chi connectivity index (χ1n) is 5.66. The third-order valence-corrected chi connectivity index (χ3v) is 3.24. The maximum Gasteiger partial charge on any atom is 0.148 e. The van der Waals surface area contributed by atoms with Crippen LogP contribution in [0.2, 0.25) is 0 Å². The number of aromatic nitrogens is 2. The van der Waals surface area contributed by atoms with E-state index in [1.54, 1.807) is 11.3 Å². The average molecular weight is 248 g/mol. The Morgan fingerprint density at radius 3 is 2.76 bits per heavy atom. The van der Waals surface area contributed by atoms with Crippen molar-refractivity contribution in [2.45, 2.75) is 6.42 Å². The number of hydrogen-bond acceptors (Lipinski definition) is 5. The summed E-state index contributed by atoms with van der Waals surface area (Å²) in [6, 6.07) is 8.04. The lowest BCUT2D eigenvalue weighted by molar-refractivity contribution is 0.746. The highest BCUT2D eigenvalue weighted by molar-refractivity contribution is 7.13. The molecule has 0 aliphatic carbocycles. The van der Waals surface area contributed by atoms with E-state index in [1.807, 2.05) is 30.6 Å². The highest BCUT2D eigenvalue weighted by Crippen LogP contribution is 2.22. The third kappa shape index (κ3) is 3.51. The van der Waals surface area contributed by atoms with Crippen molar-refractivity contribution in [1.29, 1.82) is 0 Å². The zero-order valence-corrected chi connectivity index (χ0v) is 10.6. The Morgan fingerprint density at radius 1 is 1.18 bits per heavy atom. The molecule has 0 amide bonds. The van der Waals surface area contributed by atoms with Crippen molar-refractivity contribution in [3.05, 3.63) is 29.6 Å². The Balaban J connectivity index is 1.90. The molecule has 17 heavy (non-hydrogen) atoms.